The number of aliphatic hydroxyl groups is 1. The Morgan fingerprint density at radius 1 is 1.54 bits per heavy atom. The number of amides is 2. The number of carbonyl (C=O) groups is 2. The van der Waals surface area contributed by atoms with Crippen LogP contribution in [0.25, 0.3) is 0 Å². The van der Waals surface area contributed by atoms with Crippen molar-refractivity contribution in [3.63, 3.8) is 0 Å². The summed E-state index contributed by atoms with van der Waals surface area (Å²) in [5, 5.41) is 11.2. The zero-order valence-corrected chi connectivity index (χ0v) is 8.20. The quantitative estimate of drug-likeness (QED) is 0.592. The number of rotatable bonds is 4. The lowest BCUT2D eigenvalue weighted by atomic mass is 10.3. The minimum atomic E-state index is -0.271. The second kappa shape index (κ2) is 5.53. The zero-order valence-electron chi connectivity index (χ0n) is 8.20. The van der Waals surface area contributed by atoms with Crippen molar-refractivity contribution in [2.75, 3.05) is 20.2 Å². The molecule has 0 aliphatic carbocycles. The summed E-state index contributed by atoms with van der Waals surface area (Å²) in [5.74, 6) is -0.425. The van der Waals surface area contributed by atoms with Crippen LogP contribution >= 0.6 is 0 Å². The van der Waals surface area contributed by atoms with E-state index in [1.807, 2.05) is 0 Å². The Labute approximate surface area is 77.7 Å². The molecule has 0 fully saturated rings. The second-order valence-electron chi connectivity index (χ2n) is 3.03. The maximum absolute atomic E-state index is 11.1. The van der Waals surface area contributed by atoms with Crippen molar-refractivity contribution in [1.29, 1.82) is 0 Å². The van der Waals surface area contributed by atoms with Crippen LogP contribution in [0.5, 0.6) is 0 Å². The van der Waals surface area contributed by atoms with Gasteiger partial charge in [0.1, 0.15) is 0 Å². The summed E-state index contributed by atoms with van der Waals surface area (Å²) in [7, 11) is 1.55. The van der Waals surface area contributed by atoms with Crippen molar-refractivity contribution < 1.29 is 14.7 Å². The number of likely N-dealkylation sites (N-methyl/N-ethyl adjacent to an activating group) is 1. The normalized spacial score (nSPS) is 12.0. The Bertz CT molecular complexity index is 194. The predicted octanol–water partition coefficient (Wildman–Crippen LogP) is -1.04. The molecule has 5 nitrogen and oxygen atoms in total. The van der Waals surface area contributed by atoms with E-state index in [9.17, 15) is 9.59 Å². The number of carbonyl (C=O) groups excluding carboxylic acids is 2. The lowest BCUT2D eigenvalue weighted by Gasteiger charge is -2.16. The molecule has 1 atom stereocenters. The van der Waals surface area contributed by atoms with Crippen molar-refractivity contribution in [2.24, 2.45) is 0 Å². The van der Waals surface area contributed by atoms with E-state index in [-0.39, 0.29) is 31.0 Å². The molecule has 0 spiro atoms. The number of nitrogens with one attached hydrogen (secondary N) is 1. The molecule has 0 saturated heterocycles. The third-order valence-electron chi connectivity index (χ3n) is 1.60. The Balaban J connectivity index is 3.81. The largest absolute Gasteiger partial charge is 0.394 e. The van der Waals surface area contributed by atoms with Crippen molar-refractivity contribution in [3.05, 3.63) is 0 Å². The maximum atomic E-state index is 11.1. The van der Waals surface area contributed by atoms with Crippen LogP contribution in [0.2, 0.25) is 0 Å². The predicted molar refractivity (Wildman–Crippen MR) is 48.0 cm³/mol. The summed E-state index contributed by atoms with van der Waals surface area (Å²) in [6.45, 7) is 3.00. The van der Waals surface area contributed by atoms with E-state index in [4.69, 9.17) is 5.11 Å². The van der Waals surface area contributed by atoms with Gasteiger partial charge >= 0.3 is 0 Å². The highest BCUT2D eigenvalue weighted by molar-refractivity contribution is 5.83. The first-order valence-electron chi connectivity index (χ1n) is 4.09. The van der Waals surface area contributed by atoms with E-state index in [0.717, 1.165) is 0 Å². The standard InChI is InChI=1S/C8H16N2O3/c1-6(5-11)9-8(13)4-10(3)7(2)12/h6,11H,4-5H2,1-3H3,(H,9,13)/t6-/m0/s1. The van der Waals surface area contributed by atoms with Crippen LogP contribution in [-0.4, -0.2) is 48.1 Å². The summed E-state index contributed by atoms with van der Waals surface area (Å²) in [5.41, 5.74) is 0. The summed E-state index contributed by atoms with van der Waals surface area (Å²) in [4.78, 5) is 23.1. The molecule has 0 aromatic carbocycles. The lowest BCUT2D eigenvalue weighted by Crippen LogP contribution is -2.42. The van der Waals surface area contributed by atoms with Gasteiger partial charge in [-0.1, -0.05) is 0 Å². The lowest BCUT2D eigenvalue weighted by molar-refractivity contribution is -0.133. The molecular formula is C8H16N2O3. The molecule has 0 aromatic rings. The van der Waals surface area contributed by atoms with E-state index < -0.39 is 0 Å². The molecule has 76 valence electrons. The van der Waals surface area contributed by atoms with Gasteiger partial charge in [-0.3, -0.25) is 9.59 Å². The molecule has 0 rings (SSSR count). The maximum Gasteiger partial charge on any atom is 0.239 e. The molecule has 2 N–H and O–H groups in total. The molecule has 0 radical (unpaired) electrons. The number of hydrogen-bond donors (Lipinski definition) is 2. The van der Waals surface area contributed by atoms with Crippen molar-refractivity contribution >= 4 is 11.8 Å². The minimum Gasteiger partial charge on any atom is -0.394 e. The molecule has 0 aromatic heterocycles. The van der Waals surface area contributed by atoms with Gasteiger partial charge in [-0.25, -0.2) is 0 Å². The van der Waals surface area contributed by atoms with Gasteiger partial charge in [0.15, 0.2) is 0 Å². The third kappa shape index (κ3) is 5.19. The highest BCUT2D eigenvalue weighted by Gasteiger charge is 2.10. The fourth-order valence-corrected chi connectivity index (χ4v) is 0.693. The van der Waals surface area contributed by atoms with Gasteiger partial charge in [0, 0.05) is 20.0 Å². The van der Waals surface area contributed by atoms with Gasteiger partial charge in [-0.05, 0) is 6.92 Å². The summed E-state index contributed by atoms with van der Waals surface area (Å²) < 4.78 is 0. The van der Waals surface area contributed by atoms with Crippen LogP contribution in [0.15, 0.2) is 0 Å². The summed E-state index contributed by atoms with van der Waals surface area (Å²) in [6, 6.07) is -0.271. The Morgan fingerprint density at radius 3 is 2.46 bits per heavy atom. The van der Waals surface area contributed by atoms with E-state index >= 15 is 0 Å². The topological polar surface area (TPSA) is 69.6 Å². The van der Waals surface area contributed by atoms with Crippen LogP contribution in [0, 0.1) is 0 Å². The molecular weight excluding hydrogens is 172 g/mol. The van der Waals surface area contributed by atoms with E-state index in [2.05, 4.69) is 5.32 Å². The van der Waals surface area contributed by atoms with Crippen LogP contribution < -0.4 is 5.32 Å². The molecule has 0 saturated carbocycles. The summed E-state index contributed by atoms with van der Waals surface area (Å²) in [6.07, 6.45) is 0. The van der Waals surface area contributed by atoms with Gasteiger partial charge in [0.25, 0.3) is 0 Å². The SMILES string of the molecule is CC(=O)N(C)CC(=O)N[C@@H](C)CO. The van der Waals surface area contributed by atoms with Crippen molar-refractivity contribution in [3.8, 4) is 0 Å². The number of aliphatic hydroxyl groups excluding tert-OH is 1. The molecule has 13 heavy (non-hydrogen) atoms. The highest BCUT2D eigenvalue weighted by atomic mass is 16.3. The van der Waals surface area contributed by atoms with E-state index in [1.165, 1.54) is 11.8 Å². The monoisotopic (exact) mass is 188 g/mol. The van der Waals surface area contributed by atoms with Gasteiger partial charge in [-0.15, -0.1) is 0 Å². The molecule has 0 aliphatic heterocycles. The van der Waals surface area contributed by atoms with Gasteiger partial charge in [-0.2, -0.15) is 0 Å². The first kappa shape index (κ1) is 11.9. The molecule has 0 unspecified atom stereocenters. The first-order valence-corrected chi connectivity index (χ1v) is 4.09. The molecule has 2 amide bonds. The Morgan fingerprint density at radius 2 is 2.08 bits per heavy atom. The average Bonchev–Trinajstić information content (AvgIpc) is 2.03. The third-order valence-corrected chi connectivity index (χ3v) is 1.60. The highest BCUT2D eigenvalue weighted by Crippen LogP contribution is 1.84. The second-order valence-corrected chi connectivity index (χ2v) is 3.03. The molecule has 0 bridgehead atoms. The fraction of sp³-hybridized carbons (Fsp3) is 0.750. The van der Waals surface area contributed by atoms with E-state index in [1.54, 1.807) is 14.0 Å². The van der Waals surface area contributed by atoms with Crippen LogP contribution in [0.1, 0.15) is 13.8 Å². The van der Waals surface area contributed by atoms with E-state index in [0.29, 0.717) is 0 Å². The van der Waals surface area contributed by atoms with Crippen molar-refractivity contribution in [2.45, 2.75) is 19.9 Å². The summed E-state index contributed by atoms with van der Waals surface area (Å²) >= 11 is 0. The van der Waals surface area contributed by atoms with Crippen LogP contribution in [-0.2, 0) is 9.59 Å². The Hall–Kier alpha value is -1.10. The van der Waals surface area contributed by atoms with Crippen LogP contribution in [0.3, 0.4) is 0 Å². The first-order chi connectivity index (χ1) is 5.97. The zero-order chi connectivity index (χ0) is 10.4. The Kier molecular flexibility index (Phi) is 5.06. The molecule has 0 aliphatic rings. The number of nitrogens with zero attached hydrogens (tertiary/aromatic N) is 1. The van der Waals surface area contributed by atoms with Gasteiger partial charge < -0.3 is 15.3 Å². The van der Waals surface area contributed by atoms with Gasteiger partial charge in [0.05, 0.1) is 13.2 Å². The molecule has 5 heteroatoms. The molecule has 0 heterocycles. The van der Waals surface area contributed by atoms with Gasteiger partial charge in [0.2, 0.25) is 11.8 Å². The average molecular weight is 188 g/mol. The smallest absolute Gasteiger partial charge is 0.239 e. The minimum absolute atomic E-state index is 0.0275. The van der Waals surface area contributed by atoms with Crippen molar-refractivity contribution in [1.82, 2.24) is 10.2 Å². The number of hydrogen-bond acceptors (Lipinski definition) is 3. The van der Waals surface area contributed by atoms with Crippen LogP contribution in [0.4, 0.5) is 0 Å². The fourth-order valence-electron chi connectivity index (χ4n) is 0.693.